The number of benzene rings is 1. The SMILES string of the molecule is OC1C=C(c2cccc(C(F)(F)F)c2)CC1. The lowest BCUT2D eigenvalue weighted by atomic mass is 10.0. The Bertz CT molecular complexity index is 421. The van der Waals surface area contributed by atoms with Gasteiger partial charge in [0.2, 0.25) is 0 Å². The molecular formula is C12H11F3O. The van der Waals surface area contributed by atoms with Gasteiger partial charge in [-0.15, -0.1) is 0 Å². The molecule has 2 rings (SSSR count). The lowest BCUT2D eigenvalue weighted by molar-refractivity contribution is -0.137. The van der Waals surface area contributed by atoms with Crippen LogP contribution in [-0.4, -0.2) is 11.2 Å². The van der Waals surface area contributed by atoms with E-state index in [0.717, 1.165) is 17.7 Å². The van der Waals surface area contributed by atoms with Crippen molar-refractivity contribution in [1.82, 2.24) is 0 Å². The van der Waals surface area contributed by atoms with Gasteiger partial charge in [0.25, 0.3) is 0 Å². The molecule has 0 radical (unpaired) electrons. The third-order valence-corrected chi connectivity index (χ3v) is 2.66. The summed E-state index contributed by atoms with van der Waals surface area (Å²) >= 11 is 0. The van der Waals surface area contributed by atoms with Crippen LogP contribution in [0.2, 0.25) is 0 Å². The fraction of sp³-hybridized carbons (Fsp3) is 0.333. The molecule has 0 spiro atoms. The van der Waals surface area contributed by atoms with Crippen LogP contribution in [0.25, 0.3) is 5.57 Å². The van der Waals surface area contributed by atoms with E-state index in [1.54, 1.807) is 12.1 Å². The Hall–Kier alpha value is -1.29. The van der Waals surface area contributed by atoms with Crippen LogP contribution in [0.1, 0.15) is 24.0 Å². The van der Waals surface area contributed by atoms with E-state index in [9.17, 15) is 18.3 Å². The molecule has 1 nitrogen and oxygen atoms in total. The van der Waals surface area contributed by atoms with Crippen LogP contribution < -0.4 is 0 Å². The van der Waals surface area contributed by atoms with Crippen LogP contribution in [0.15, 0.2) is 30.3 Å². The normalized spacial score (nSPS) is 21.0. The van der Waals surface area contributed by atoms with E-state index in [2.05, 4.69) is 0 Å². The van der Waals surface area contributed by atoms with Crippen molar-refractivity contribution < 1.29 is 18.3 Å². The molecule has 0 bridgehead atoms. The zero-order valence-corrected chi connectivity index (χ0v) is 8.46. The molecule has 0 aromatic heterocycles. The van der Waals surface area contributed by atoms with Crippen LogP contribution in [0, 0.1) is 0 Å². The van der Waals surface area contributed by atoms with Gasteiger partial charge in [-0.1, -0.05) is 18.2 Å². The van der Waals surface area contributed by atoms with E-state index in [1.165, 1.54) is 6.07 Å². The van der Waals surface area contributed by atoms with Crippen molar-refractivity contribution in [1.29, 1.82) is 0 Å². The first-order valence-corrected chi connectivity index (χ1v) is 5.03. The van der Waals surface area contributed by atoms with E-state index in [4.69, 9.17) is 0 Å². The van der Waals surface area contributed by atoms with Crippen molar-refractivity contribution in [2.75, 3.05) is 0 Å². The summed E-state index contributed by atoms with van der Waals surface area (Å²) in [4.78, 5) is 0. The molecule has 0 fully saturated rings. The number of hydrogen-bond acceptors (Lipinski definition) is 1. The average Bonchev–Trinajstić information content (AvgIpc) is 2.64. The van der Waals surface area contributed by atoms with Crippen LogP contribution in [0.4, 0.5) is 13.2 Å². The minimum absolute atomic E-state index is 0.524. The van der Waals surface area contributed by atoms with Crippen molar-refractivity contribution in [3.8, 4) is 0 Å². The number of hydrogen-bond donors (Lipinski definition) is 1. The topological polar surface area (TPSA) is 20.2 Å². The molecule has 1 atom stereocenters. The van der Waals surface area contributed by atoms with Gasteiger partial charge in [0.15, 0.2) is 0 Å². The molecule has 0 saturated heterocycles. The molecule has 16 heavy (non-hydrogen) atoms. The Morgan fingerprint density at radius 3 is 2.56 bits per heavy atom. The summed E-state index contributed by atoms with van der Waals surface area (Å²) in [7, 11) is 0. The molecule has 1 aliphatic carbocycles. The van der Waals surface area contributed by atoms with Gasteiger partial charge in [-0.3, -0.25) is 0 Å². The lowest BCUT2D eigenvalue weighted by Crippen LogP contribution is -2.04. The van der Waals surface area contributed by atoms with Crippen LogP contribution in [0.5, 0.6) is 0 Å². The number of allylic oxidation sites excluding steroid dienone is 1. The fourth-order valence-corrected chi connectivity index (χ4v) is 1.84. The van der Waals surface area contributed by atoms with Gasteiger partial charge in [-0.2, -0.15) is 13.2 Å². The highest BCUT2D eigenvalue weighted by atomic mass is 19.4. The average molecular weight is 228 g/mol. The maximum Gasteiger partial charge on any atom is 0.416 e. The quantitative estimate of drug-likeness (QED) is 0.782. The van der Waals surface area contributed by atoms with E-state index >= 15 is 0 Å². The van der Waals surface area contributed by atoms with E-state index < -0.39 is 17.8 Å². The van der Waals surface area contributed by atoms with Gasteiger partial charge < -0.3 is 5.11 Å². The number of rotatable bonds is 1. The predicted molar refractivity (Wildman–Crippen MR) is 54.7 cm³/mol. The first-order valence-electron chi connectivity index (χ1n) is 5.03. The molecular weight excluding hydrogens is 217 g/mol. The second-order valence-electron chi connectivity index (χ2n) is 3.88. The van der Waals surface area contributed by atoms with Gasteiger partial charge in [0.05, 0.1) is 11.7 Å². The van der Waals surface area contributed by atoms with Gasteiger partial charge >= 0.3 is 6.18 Å². The largest absolute Gasteiger partial charge is 0.416 e. The molecule has 4 heteroatoms. The molecule has 86 valence electrons. The second-order valence-corrected chi connectivity index (χ2v) is 3.88. The minimum Gasteiger partial charge on any atom is -0.389 e. The maximum absolute atomic E-state index is 12.5. The van der Waals surface area contributed by atoms with Crippen LogP contribution >= 0.6 is 0 Å². The molecule has 1 unspecified atom stereocenters. The third kappa shape index (κ3) is 2.27. The summed E-state index contributed by atoms with van der Waals surface area (Å²) in [5, 5.41) is 9.29. The number of alkyl halides is 3. The number of aliphatic hydroxyl groups excluding tert-OH is 1. The van der Waals surface area contributed by atoms with E-state index in [1.807, 2.05) is 0 Å². The lowest BCUT2D eigenvalue weighted by Gasteiger charge is -2.09. The highest BCUT2D eigenvalue weighted by Gasteiger charge is 2.30. The van der Waals surface area contributed by atoms with Crippen molar-refractivity contribution >= 4 is 5.57 Å². The predicted octanol–water partition coefficient (Wildman–Crippen LogP) is 3.24. The van der Waals surface area contributed by atoms with Gasteiger partial charge in [-0.05, 0) is 36.1 Å². The van der Waals surface area contributed by atoms with E-state index in [-0.39, 0.29) is 0 Å². The molecule has 1 N–H and O–H groups in total. The van der Waals surface area contributed by atoms with Gasteiger partial charge in [0.1, 0.15) is 0 Å². The fourth-order valence-electron chi connectivity index (χ4n) is 1.84. The van der Waals surface area contributed by atoms with Crippen molar-refractivity contribution in [2.45, 2.75) is 25.1 Å². The number of aliphatic hydroxyl groups is 1. The zero-order chi connectivity index (χ0) is 11.8. The highest BCUT2D eigenvalue weighted by Crippen LogP contribution is 2.33. The Morgan fingerprint density at radius 1 is 1.25 bits per heavy atom. The summed E-state index contributed by atoms with van der Waals surface area (Å²) < 4.78 is 37.4. The van der Waals surface area contributed by atoms with E-state index in [0.29, 0.717) is 18.4 Å². The monoisotopic (exact) mass is 228 g/mol. The Morgan fingerprint density at radius 2 is 2.00 bits per heavy atom. The van der Waals surface area contributed by atoms with Crippen molar-refractivity contribution in [2.24, 2.45) is 0 Å². The van der Waals surface area contributed by atoms with Crippen molar-refractivity contribution in [3.63, 3.8) is 0 Å². The molecule has 0 aliphatic heterocycles. The Labute approximate surface area is 91.2 Å². The first-order chi connectivity index (χ1) is 7.47. The smallest absolute Gasteiger partial charge is 0.389 e. The van der Waals surface area contributed by atoms with Crippen LogP contribution in [0.3, 0.4) is 0 Å². The molecule has 0 saturated carbocycles. The van der Waals surface area contributed by atoms with Crippen molar-refractivity contribution in [3.05, 3.63) is 41.5 Å². The summed E-state index contributed by atoms with van der Waals surface area (Å²) in [6.45, 7) is 0. The maximum atomic E-state index is 12.5. The third-order valence-electron chi connectivity index (χ3n) is 2.66. The molecule has 0 amide bonds. The van der Waals surface area contributed by atoms with Gasteiger partial charge in [-0.25, -0.2) is 0 Å². The van der Waals surface area contributed by atoms with Gasteiger partial charge in [0, 0.05) is 0 Å². The minimum atomic E-state index is -4.31. The Balaban J connectivity index is 2.33. The second kappa shape index (κ2) is 3.94. The molecule has 1 aromatic carbocycles. The summed E-state index contributed by atoms with van der Waals surface area (Å²) in [6, 6.07) is 5.21. The summed E-state index contributed by atoms with van der Waals surface area (Å²) in [5.41, 5.74) is 0.692. The zero-order valence-electron chi connectivity index (χ0n) is 8.46. The summed E-state index contributed by atoms with van der Waals surface area (Å²) in [6.07, 6.45) is -2.00. The summed E-state index contributed by atoms with van der Waals surface area (Å²) in [5.74, 6) is 0. The van der Waals surface area contributed by atoms with Crippen LogP contribution in [-0.2, 0) is 6.18 Å². The molecule has 1 aromatic rings. The molecule has 0 heterocycles. The Kier molecular flexibility index (Phi) is 2.76. The number of halogens is 3. The highest BCUT2D eigenvalue weighted by molar-refractivity contribution is 5.68. The standard InChI is InChI=1S/C12H11F3O/c13-12(14,15)10-3-1-2-8(6-10)9-4-5-11(16)7-9/h1-3,6-7,11,16H,4-5H2. The molecule has 1 aliphatic rings. The first kappa shape index (κ1) is 11.2.